The van der Waals surface area contributed by atoms with Gasteiger partial charge in [-0.1, -0.05) is 13.0 Å². The SMILES string of the molecule is CC1CC1c1ccc(C=CC(=O)N(C)Cc2cccnc2)o1. The highest BCUT2D eigenvalue weighted by Crippen LogP contribution is 2.47. The minimum Gasteiger partial charge on any atom is -0.461 e. The normalized spacial score (nSPS) is 20.3. The molecule has 2 aromatic heterocycles. The quantitative estimate of drug-likeness (QED) is 0.794. The molecule has 2 aromatic rings. The molecule has 1 aliphatic rings. The minimum absolute atomic E-state index is 0.0541. The second-order valence-electron chi connectivity index (χ2n) is 5.95. The molecular formula is C18H20N2O2. The molecule has 0 spiro atoms. The predicted molar refractivity (Wildman–Crippen MR) is 85.0 cm³/mol. The first-order chi connectivity index (χ1) is 10.6. The summed E-state index contributed by atoms with van der Waals surface area (Å²) in [7, 11) is 1.78. The van der Waals surface area contributed by atoms with Crippen LogP contribution in [-0.2, 0) is 11.3 Å². The maximum absolute atomic E-state index is 12.1. The fourth-order valence-electron chi connectivity index (χ4n) is 2.50. The molecule has 0 bridgehead atoms. The van der Waals surface area contributed by atoms with Crippen molar-refractivity contribution in [2.45, 2.75) is 25.8 Å². The smallest absolute Gasteiger partial charge is 0.246 e. The fourth-order valence-corrected chi connectivity index (χ4v) is 2.50. The summed E-state index contributed by atoms with van der Waals surface area (Å²) in [5.74, 6) is 2.99. The lowest BCUT2D eigenvalue weighted by molar-refractivity contribution is -0.125. The highest BCUT2D eigenvalue weighted by molar-refractivity contribution is 5.91. The molecule has 0 saturated heterocycles. The van der Waals surface area contributed by atoms with Crippen molar-refractivity contribution in [3.8, 4) is 0 Å². The van der Waals surface area contributed by atoms with E-state index in [0.29, 0.717) is 12.5 Å². The summed E-state index contributed by atoms with van der Waals surface area (Å²) in [5.41, 5.74) is 1.01. The Balaban J connectivity index is 1.57. The number of carbonyl (C=O) groups excluding carboxylic acids is 1. The Kier molecular flexibility index (Phi) is 4.09. The maximum Gasteiger partial charge on any atom is 0.246 e. The average molecular weight is 296 g/mol. The first-order valence-electron chi connectivity index (χ1n) is 7.55. The van der Waals surface area contributed by atoms with Gasteiger partial charge in [0.25, 0.3) is 0 Å². The van der Waals surface area contributed by atoms with E-state index in [1.165, 1.54) is 6.42 Å². The molecule has 22 heavy (non-hydrogen) atoms. The van der Waals surface area contributed by atoms with Crippen LogP contribution in [0.1, 0.15) is 36.3 Å². The Labute approximate surface area is 130 Å². The lowest BCUT2D eigenvalue weighted by atomic mass is 10.2. The van der Waals surface area contributed by atoms with Crippen molar-refractivity contribution in [3.63, 3.8) is 0 Å². The fraction of sp³-hybridized carbons (Fsp3) is 0.333. The largest absolute Gasteiger partial charge is 0.461 e. The van der Waals surface area contributed by atoms with Crippen LogP contribution in [-0.4, -0.2) is 22.8 Å². The number of amides is 1. The van der Waals surface area contributed by atoms with Gasteiger partial charge in [0.15, 0.2) is 0 Å². The molecule has 1 fully saturated rings. The monoisotopic (exact) mass is 296 g/mol. The number of likely N-dealkylation sites (N-methyl/N-ethyl adjacent to an activating group) is 1. The van der Waals surface area contributed by atoms with Gasteiger partial charge < -0.3 is 9.32 Å². The molecule has 0 aromatic carbocycles. The van der Waals surface area contributed by atoms with Gasteiger partial charge >= 0.3 is 0 Å². The number of rotatable bonds is 5. The van der Waals surface area contributed by atoms with E-state index < -0.39 is 0 Å². The van der Waals surface area contributed by atoms with Crippen molar-refractivity contribution in [2.75, 3.05) is 7.05 Å². The molecule has 4 nitrogen and oxygen atoms in total. The average Bonchev–Trinajstić information content (AvgIpc) is 3.07. The summed E-state index contributed by atoms with van der Waals surface area (Å²) in [6, 6.07) is 7.76. The number of nitrogens with zero attached hydrogens (tertiary/aromatic N) is 2. The number of furan rings is 1. The van der Waals surface area contributed by atoms with Crippen molar-refractivity contribution in [2.24, 2.45) is 5.92 Å². The molecule has 2 heterocycles. The zero-order valence-corrected chi connectivity index (χ0v) is 12.9. The Morgan fingerprint density at radius 2 is 2.27 bits per heavy atom. The van der Waals surface area contributed by atoms with Crippen molar-refractivity contribution in [3.05, 3.63) is 59.8 Å². The Hall–Kier alpha value is -2.36. The van der Waals surface area contributed by atoms with Gasteiger partial charge in [-0.25, -0.2) is 0 Å². The molecule has 0 N–H and O–H groups in total. The predicted octanol–water partition coefficient (Wildman–Crippen LogP) is 3.47. The number of hydrogen-bond acceptors (Lipinski definition) is 3. The third-order valence-corrected chi connectivity index (χ3v) is 4.03. The zero-order valence-electron chi connectivity index (χ0n) is 12.9. The van der Waals surface area contributed by atoms with Crippen LogP contribution in [0.4, 0.5) is 0 Å². The van der Waals surface area contributed by atoms with Crippen LogP contribution in [0.15, 0.2) is 47.2 Å². The third kappa shape index (κ3) is 3.45. The van der Waals surface area contributed by atoms with Gasteiger partial charge in [0.05, 0.1) is 0 Å². The molecule has 3 rings (SSSR count). The van der Waals surface area contributed by atoms with Crippen LogP contribution < -0.4 is 0 Å². The molecule has 114 valence electrons. The Bertz CT molecular complexity index is 675. The van der Waals surface area contributed by atoms with Gasteiger partial charge in [0.1, 0.15) is 11.5 Å². The molecule has 0 aliphatic heterocycles. The molecule has 2 atom stereocenters. The van der Waals surface area contributed by atoms with E-state index in [9.17, 15) is 4.79 Å². The van der Waals surface area contributed by atoms with Crippen LogP contribution in [0, 0.1) is 5.92 Å². The van der Waals surface area contributed by atoms with Gasteiger partial charge in [-0.15, -0.1) is 0 Å². The number of pyridine rings is 1. The van der Waals surface area contributed by atoms with E-state index in [-0.39, 0.29) is 5.91 Å². The molecular weight excluding hydrogens is 276 g/mol. The van der Waals surface area contributed by atoms with Gasteiger partial charge in [-0.05, 0) is 42.2 Å². The molecule has 2 unspecified atom stereocenters. The van der Waals surface area contributed by atoms with Crippen LogP contribution in [0.2, 0.25) is 0 Å². The van der Waals surface area contributed by atoms with E-state index in [1.54, 1.807) is 36.5 Å². The van der Waals surface area contributed by atoms with E-state index in [2.05, 4.69) is 11.9 Å². The zero-order chi connectivity index (χ0) is 15.5. The maximum atomic E-state index is 12.1. The summed E-state index contributed by atoms with van der Waals surface area (Å²) in [5, 5.41) is 0. The highest BCUT2D eigenvalue weighted by Gasteiger charge is 2.36. The number of hydrogen-bond donors (Lipinski definition) is 0. The summed E-state index contributed by atoms with van der Waals surface area (Å²) in [4.78, 5) is 17.8. The van der Waals surface area contributed by atoms with Crippen LogP contribution in [0.3, 0.4) is 0 Å². The van der Waals surface area contributed by atoms with Gasteiger partial charge in [-0.3, -0.25) is 9.78 Å². The van der Waals surface area contributed by atoms with E-state index in [4.69, 9.17) is 4.42 Å². The molecule has 1 amide bonds. The number of aromatic nitrogens is 1. The van der Waals surface area contributed by atoms with Crippen LogP contribution in [0.5, 0.6) is 0 Å². The van der Waals surface area contributed by atoms with E-state index in [0.717, 1.165) is 23.0 Å². The minimum atomic E-state index is -0.0541. The van der Waals surface area contributed by atoms with Gasteiger partial charge in [-0.2, -0.15) is 0 Å². The Morgan fingerprint density at radius 1 is 1.45 bits per heavy atom. The van der Waals surface area contributed by atoms with Gasteiger partial charge in [0.2, 0.25) is 5.91 Å². The first kappa shape index (κ1) is 14.6. The van der Waals surface area contributed by atoms with Crippen molar-refractivity contribution in [1.82, 2.24) is 9.88 Å². The van der Waals surface area contributed by atoms with Crippen molar-refractivity contribution < 1.29 is 9.21 Å². The van der Waals surface area contributed by atoms with Crippen molar-refractivity contribution >= 4 is 12.0 Å². The summed E-state index contributed by atoms with van der Waals surface area (Å²) in [6.07, 6.45) is 7.97. The van der Waals surface area contributed by atoms with Crippen molar-refractivity contribution in [1.29, 1.82) is 0 Å². The molecule has 0 radical (unpaired) electrons. The van der Waals surface area contributed by atoms with E-state index in [1.807, 2.05) is 24.3 Å². The topological polar surface area (TPSA) is 46.3 Å². The first-order valence-corrected chi connectivity index (χ1v) is 7.55. The molecule has 4 heteroatoms. The Morgan fingerprint density at radius 3 is 2.95 bits per heavy atom. The standard InChI is InChI=1S/C18H20N2O2/c1-13-10-16(13)17-7-5-15(22-17)6-8-18(21)20(2)12-14-4-3-9-19-11-14/h3-9,11,13,16H,10,12H2,1-2H3. The van der Waals surface area contributed by atoms with E-state index >= 15 is 0 Å². The third-order valence-electron chi connectivity index (χ3n) is 4.03. The second kappa shape index (κ2) is 6.18. The van der Waals surface area contributed by atoms with Crippen LogP contribution in [0.25, 0.3) is 6.08 Å². The lowest BCUT2D eigenvalue weighted by Crippen LogP contribution is -2.24. The summed E-state index contributed by atoms with van der Waals surface area (Å²) < 4.78 is 5.76. The summed E-state index contributed by atoms with van der Waals surface area (Å²) in [6.45, 7) is 2.76. The van der Waals surface area contributed by atoms with Gasteiger partial charge in [0, 0.05) is 38.0 Å². The molecule has 1 aliphatic carbocycles. The highest BCUT2D eigenvalue weighted by atomic mass is 16.3. The second-order valence-corrected chi connectivity index (χ2v) is 5.95. The van der Waals surface area contributed by atoms with Crippen LogP contribution >= 0.6 is 0 Å². The number of carbonyl (C=O) groups is 1. The lowest BCUT2D eigenvalue weighted by Gasteiger charge is -2.14. The summed E-state index contributed by atoms with van der Waals surface area (Å²) >= 11 is 0. The molecule has 1 saturated carbocycles.